The van der Waals surface area contributed by atoms with Crippen molar-refractivity contribution < 1.29 is 9.47 Å². The quantitative estimate of drug-likeness (QED) is 0.379. The van der Waals surface area contributed by atoms with Crippen LogP contribution >= 0.6 is 23.1 Å². The maximum atomic E-state index is 5.75. The van der Waals surface area contributed by atoms with Crippen LogP contribution in [0.4, 0.5) is 10.8 Å². The van der Waals surface area contributed by atoms with Gasteiger partial charge in [0.2, 0.25) is 5.13 Å². The zero-order valence-electron chi connectivity index (χ0n) is 14.6. The van der Waals surface area contributed by atoms with Gasteiger partial charge in [-0.15, -0.1) is 10.2 Å². The SMILES string of the molecule is CCCOc1ccc(OCCSc2nnc(Nc3ccccc3)s2)cc1. The minimum absolute atomic E-state index is 0.612. The normalized spacial score (nSPS) is 10.5. The summed E-state index contributed by atoms with van der Waals surface area (Å²) >= 11 is 3.18. The number of nitrogens with zero attached hydrogens (tertiary/aromatic N) is 2. The number of benzene rings is 2. The van der Waals surface area contributed by atoms with Crippen LogP contribution in [0, 0.1) is 0 Å². The van der Waals surface area contributed by atoms with Crippen LogP contribution < -0.4 is 14.8 Å². The third kappa shape index (κ3) is 5.93. The third-order valence-electron chi connectivity index (χ3n) is 3.31. The van der Waals surface area contributed by atoms with Crippen molar-refractivity contribution in [2.45, 2.75) is 17.7 Å². The molecule has 1 aromatic heterocycles. The molecule has 3 rings (SSSR count). The second-order valence-corrected chi connectivity index (χ2v) is 7.70. The molecule has 0 radical (unpaired) electrons. The van der Waals surface area contributed by atoms with Crippen LogP contribution in [-0.2, 0) is 0 Å². The first kappa shape index (κ1) is 18.5. The van der Waals surface area contributed by atoms with E-state index in [1.165, 1.54) is 0 Å². The van der Waals surface area contributed by atoms with Gasteiger partial charge in [-0.1, -0.05) is 48.2 Å². The molecule has 0 saturated carbocycles. The highest BCUT2D eigenvalue weighted by atomic mass is 32.2. The highest BCUT2D eigenvalue weighted by Crippen LogP contribution is 2.27. The number of thioether (sulfide) groups is 1. The van der Waals surface area contributed by atoms with E-state index in [1.54, 1.807) is 23.1 Å². The van der Waals surface area contributed by atoms with E-state index in [-0.39, 0.29) is 0 Å². The highest BCUT2D eigenvalue weighted by molar-refractivity contribution is 8.01. The predicted octanol–water partition coefficient (Wildman–Crippen LogP) is 5.24. The van der Waals surface area contributed by atoms with Gasteiger partial charge >= 0.3 is 0 Å². The van der Waals surface area contributed by atoms with Gasteiger partial charge in [-0.25, -0.2) is 0 Å². The molecule has 0 aliphatic heterocycles. The number of nitrogens with one attached hydrogen (secondary N) is 1. The highest BCUT2D eigenvalue weighted by Gasteiger charge is 2.05. The van der Waals surface area contributed by atoms with E-state index in [9.17, 15) is 0 Å². The topological polar surface area (TPSA) is 56.3 Å². The summed E-state index contributed by atoms with van der Waals surface area (Å²) in [6.45, 7) is 3.44. The van der Waals surface area contributed by atoms with Crippen LogP contribution in [0.3, 0.4) is 0 Å². The first-order chi connectivity index (χ1) is 12.8. The predicted molar refractivity (Wildman–Crippen MR) is 108 cm³/mol. The van der Waals surface area contributed by atoms with E-state index in [2.05, 4.69) is 22.4 Å². The third-order valence-corrected chi connectivity index (χ3v) is 5.24. The lowest BCUT2D eigenvalue weighted by atomic mass is 10.3. The molecule has 2 aromatic carbocycles. The van der Waals surface area contributed by atoms with Crippen LogP contribution in [0.2, 0.25) is 0 Å². The first-order valence-corrected chi connectivity index (χ1v) is 10.3. The van der Waals surface area contributed by atoms with Gasteiger partial charge < -0.3 is 14.8 Å². The van der Waals surface area contributed by atoms with Gasteiger partial charge in [-0.2, -0.15) is 0 Å². The van der Waals surface area contributed by atoms with Crippen molar-refractivity contribution in [1.29, 1.82) is 0 Å². The van der Waals surface area contributed by atoms with Gasteiger partial charge in [-0.3, -0.25) is 0 Å². The summed E-state index contributed by atoms with van der Waals surface area (Å²) in [7, 11) is 0. The van der Waals surface area contributed by atoms with Crippen LogP contribution in [0.15, 0.2) is 58.9 Å². The number of hydrogen-bond donors (Lipinski definition) is 1. The Labute approximate surface area is 161 Å². The molecule has 0 bridgehead atoms. The van der Waals surface area contributed by atoms with E-state index in [0.29, 0.717) is 6.61 Å². The van der Waals surface area contributed by atoms with Crippen molar-refractivity contribution >= 4 is 33.9 Å². The Hall–Kier alpha value is -2.25. The zero-order chi connectivity index (χ0) is 18.0. The smallest absolute Gasteiger partial charge is 0.210 e. The lowest BCUT2D eigenvalue weighted by molar-refractivity contribution is 0.314. The van der Waals surface area contributed by atoms with Crippen LogP contribution in [0.25, 0.3) is 0 Å². The summed E-state index contributed by atoms with van der Waals surface area (Å²) in [6, 6.07) is 17.7. The molecule has 0 saturated heterocycles. The summed E-state index contributed by atoms with van der Waals surface area (Å²) < 4.78 is 12.2. The molecule has 1 heterocycles. The molecular formula is C19H21N3O2S2. The van der Waals surface area contributed by atoms with Crippen molar-refractivity contribution in [2.75, 3.05) is 24.3 Å². The van der Waals surface area contributed by atoms with Crippen molar-refractivity contribution in [3.63, 3.8) is 0 Å². The van der Waals surface area contributed by atoms with Crippen molar-refractivity contribution in [2.24, 2.45) is 0 Å². The molecule has 1 N–H and O–H groups in total. The fraction of sp³-hybridized carbons (Fsp3) is 0.263. The first-order valence-electron chi connectivity index (χ1n) is 8.47. The van der Waals surface area contributed by atoms with Crippen LogP contribution in [0.5, 0.6) is 11.5 Å². The fourth-order valence-electron chi connectivity index (χ4n) is 2.10. The maximum absolute atomic E-state index is 5.75. The molecule has 136 valence electrons. The van der Waals surface area contributed by atoms with Gasteiger partial charge in [0.1, 0.15) is 11.5 Å². The molecule has 0 unspecified atom stereocenters. The number of ether oxygens (including phenoxy) is 2. The Balaban J connectivity index is 1.38. The van der Waals surface area contributed by atoms with E-state index in [0.717, 1.165) is 45.4 Å². The average Bonchev–Trinajstić information content (AvgIpc) is 3.12. The number of para-hydroxylation sites is 1. The molecule has 0 aliphatic carbocycles. The summed E-state index contributed by atoms with van der Waals surface area (Å²) in [5, 5.41) is 12.4. The standard InChI is InChI=1S/C19H21N3O2S2/c1-2-12-23-16-8-10-17(11-9-16)24-13-14-25-19-22-21-18(26-19)20-15-6-4-3-5-7-15/h3-11H,2,12-14H2,1H3,(H,20,21). The van der Waals surface area contributed by atoms with E-state index < -0.39 is 0 Å². The van der Waals surface area contributed by atoms with E-state index in [1.807, 2.05) is 54.6 Å². The van der Waals surface area contributed by atoms with Gasteiger partial charge in [0.25, 0.3) is 0 Å². The lowest BCUT2D eigenvalue weighted by Crippen LogP contribution is -2.00. The Morgan fingerprint density at radius 2 is 1.62 bits per heavy atom. The van der Waals surface area contributed by atoms with E-state index >= 15 is 0 Å². The molecule has 3 aromatic rings. The van der Waals surface area contributed by atoms with Gasteiger partial charge in [0, 0.05) is 11.4 Å². The maximum Gasteiger partial charge on any atom is 0.210 e. The summed E-state index contributed by atoms with van der Waals surface area (Å²) in [4.78, 5) is 0. The summed E-state index contributed by atoms with van der Waals surface area (Å²) in [5.74, 6) is 2.53. The number of aromatic nitrogens is 2. The average molecular weight is 388 g/mol. The van der Waals surface area contributed by atoms with E-state index in [4.69, 9.17) is 9.47 Å². The molecule has 5 nitrogen and oxygen atoms in total. The molecule has 0 fully saturated rings. The van der Waals surface area contributed by atoms with Gasteiger partial charge in [0.05, 0.1) is 13.2 Å². The minimum Gasteiger partial charge on any atom is -0.494 e. The Bertz CT molecular complexity index is 779. The number of rotatable bonds is 10. The molecule has 0 amide bonds. The van der Waals surface area contributed by atoms with Crippen LogP contribution in [-0.4, -0.2) is 29.2 Å². The fourth-order valence-corrected chi connectivity index (χ4v) is 3.76. The summed E-state index contributed by atoms with van der Waals surface area (Å²) in [5.41, 5.74) is 1.01. The lowest BCUT2D eigenvalue weighted by Gasteiger charge is -2.07. The second-order valence-electron chi connectivity index (χ2n) is 5.38. The molecule has 0 aliphatic rings. The molecule has 0 spiro atoms. The van der Waals surface area contributed by atoms with Crippen LogP contribution in [0.1, 0.15) is 13.3 Å². The number of hydrogen-bond acceptors (Lipinski definition) is 7. The monoisotopic (exact) mass is 387 g/mol. The minimum atomic E-state index is 0.612. The Morgan fingerprint density at radius 1 is 0.923 bits per heavy atom. The molecular weight excluding hydrogens is 366 g/mol. The number of anilines is 2. The van der Waals surface area contributed by atoms with Gasteiger partial charge in [-0.05, 0) is 42.8 Å². The van der Waals surface area contributed by atoms with Gasteiger partial charge in [0.15, 0.2) is 4.34 Å². The molecule has 7 heteroatoms. The second kappa shape index (κ2) is 10.0. The zero-order valence-corrected chi connectivity index (χ0v) is 16.2. The summed E-state index contributed by atoms with van der Waals surface area (Å²) in [6.07, 6.45) is 1.00. The van der Waals surface area contributed by atoms with Crippen molar-refractivity contribution in [3.8, 4) is 11.5 Å². The molecule has 26 heavy (non-hydrogen) atoms. The Morgan fingerprint density at radius 3 is 2.31 bits per heavy atom. The Kier molecular flexibility index (Phi) is 7.15. The van der Waals surface area contributed by atoms with Crippen molar-refractivity contribution in [1.82, 2.24) is 10.2 Å². The largest absolute Gasteiger partial charge is 0.494 e. The van der Waals surface area contributed by atoms with Crippen molar-refractivity contribution in [3.05, 3.63) is 54.6 Å². The molecule has 0 atom stereocenters.